The van der Waals surface area contributed by atoms with E-state index in [-0.39, 0.29) is 0 Å². The van der Waals surface area contributed by atoms with Crippen molar-refractivity contribution in [3.05, 3.63) is 17.0 Å². The van der Waals surface area contributed by atoms with Crippen LogP contribution in [0.5, 0.6) is 0 Å². The van der Waals surface area contributed by atoms with E-state index in [4.69, 9.17) is 0 Å². The standard InChI is InChI=1S/C18H34N6/c1-6-16-9-7-8-11-24(16)12-10-20-18(19-4)21-13-17-14(2)22-23(5)15(17)3/h16H,6-13H2,1-5H3,(H2,19,20,21). The Hall–Kier alpha value is -1.56. The molecule has 0 amide bonds. The van der Waals surface area contributed by atoms with E-state index >= 15 is 0 Å². The third-order valence-corrected chi connectivity index (χ3v) is 5.23. The van der Waals surface area contributed by atoms with Gasteiger partial charge in [-0.05, 0) is 39.7 Å². The Morgan fingerprint density at radius 3 is 2.71 bits per heavy atom. The number of aryl methyl sites for hydroxylation is 2. The van der Waals surface area contributed by atoms with E-state index in [0.29, 0.717) is 0 Å². The van der Waals surface area contributed by atoms with Crippen molar-refractivity contribution in [1.82, 2.24) is 25.3 Å². The summed E-state index contributed by atoms with van der Waals surface area (Å²) in [7, 11) is 3.82. The first-order valence-electron chi connectivity index (χ1n) is 9.24. The van der Waals surface area contributed by atoms with Crippen LogP contribution in [0.4, 0.5) is 0 Å². The van der Waals surface area contributed by atoms with Crippen LogP contribution in [0.15, 0.2) is 4.99 Å². The molecule has 0 aliphatic carbocycles. The SMILES string of the molecule is CCC1CCCCN1CCNC(=NC)NCc1c(C)nn(C)c1C. The summed E-state index contributed by atoms with van der Waals surface area (Å²) in [4.78, 5) is 6.96. The van der Waals surface area contributed by atoms with Crippen LogP contribution >= 0.6 is 0 Å². The predicted molar refractivity (Wildman–Crippen MR) is 100 cm³/mol. The molecule has 2 heterocycles. The van der Waals surface area contributed by atoms with Crippen molar-refractivity contribution in [1.29, 1.82) is 0 Å². The maximum Gasteiger partial charge on any atom is 0.191 e. The Labute approximate surface area is 146 Å². The average Bonchev–Trinajstić information content (AvgIpc) is 2.83. The van der Waals surface area contributed by atoms with Gasteiger partial charge >= 0.3 is 0 Å². The summed E-state index contributed by atoms with van der Waals surface area (Å²) in [6, 6.07) is 0.760. The molecule has 0 radical (unpaired) electrons. The van der Waals surface area contributed by atoms with Crippen LogP contribution in [0.25, 0.3) is 0 Å². The minimum Gasteiger partial charge on any atom is -0.355 e. The molecule has 6 heteroatoms. The van der Waals surface area contributed by atoms with Crippen LogP contribution in [0, 0.1) is 13.8 Å². The van der Waals surface area contributed by atoms with Crippen molar-refractivity contribution in [2.45, 2.75) is 59.0 Å². The molecule has 0 saturated carbocycles. The van der Waals surface area contributed by atoms with Crippen LogP contribution in [0.3, 0.4) is 0 Å². The van der Waals surface area contributed by atoms with Crippen LogP contribution in [-0.2, 0) is 13.6 Å². The maximum atomic E-state index is 4.47. The molecule has 2 rings (SSSR count). The molecule has 24 heavy (non-hydrogen) atoms. The summed E-state index contributed by atoms with van der Waals surface area (Å²) >= 11 is 0. The first-order valence-corrected chi connectivity index (χ1v) is 9.24. The Morgan fingerprint density at radius 1 is 1.29 bits per heavy atom. The third kappa shape index (κ3) is 4.72. The molecule has 0 spiro atoms. The highest BCUT2D eigenvalue weighted by molar-refractivity contribution is 5.79. The number of hydrogen-bond acceptors (Lipinski definition) is 3. The average molecular weight is 335 g/mol. The van der Waals surface area contributed by atoms with Crippen LogP contribution in [0.2, 0.25) is 0 Å². The molecular weight excluding hydrogens is 300 g/mol. The van der Waals surface area contributed by atoms with Gasteiger partial charge in [0.25, 0.3) is 0 Å². The predicted octanol–water partition coefficient (Wildman–Crippen LogP) is 1.97. The number of nitrogens with one attached hydrogen (secondary N) is 2. The maximum absolute atomic E-state index is 4.47. The molecule has 1 aliphatic rings. The fourth-order valence-electron chi connectivity index (χ4n) is 3.60. The lowest BCUT2D eigenvalue weighted by molar-refractivity contribution is 0.147. The Kier molecular flexibility index (Phi) is 7.09. The number of aromatic nitrogens is 2. The highest BCUT2D eigenvalue weighted by Gasteiger charge is 2.20. The van der Waals surface area contributed by atoms with E-state index in [1.54, 1.807) is 0 Å². The summed E-state index contributed by atoms with van der Waals surface area (Å²) in [5.74, 6) is 0.864. The molecule has 2 N–H and O–H groups in total. The topological polar surface area (TPSA) is 57.5 Å². The summed E-state index contributed by atoms with van der Waals surface area (Å²) in [6.45, 7) is 10.5. The largest absolute Gasteiger partial charge is 0.355 e. The zero-order valence-electron chi connectivity index (χ0n) is 16.0. The second-order valence-electron chi connectivity index (χ2n) is 6.72. The van der Waals surface area contributed by atoms with Crippen LogP contribution in [-0.4, -0.2) is 53.4 Å². The molecular formula is C18H34N6. The number of nitrogens with zero attached hydrogens (tertiary/aromatic N) is 4. The van der Waals surface area contributed by atoms with E-state index in [0.717, 1.165) is 37.3 Å². The molecule has 1 aromatic heterocycles. The van der Waals surface area contributed by atoms with Crippen molar-refractivity contribution < 1.29 is 0 Å². The number of guanidine groups is 1. The van der Waals surface area contributed by atoms with Gasteiger partial charge in [-0.1, -0.05) is 13.3 Å². The number of hydrogen-bond donors (Lipinski definition) is 2. The van der Waals surface area contributed by atoms with Gasteiger partial charge in [-0.25, -0.2) is 0 Å². The minimum atomic E-state index is 0.756. The number of rotatable bonds is 6. The highest BCUT2D eigenvalue weighted by atomic mass is 15.3. The lowest BCUT2D eigenvalue weighted by Gasteiger charge is -2.35. The van der Waals surface area contributed by atoms with Gasteiger partial charge in [0, 0.05) is 51.0 Å². The van der Waals surface area contributed by atoms with Crippen LogP contribution < -0.4 is 10.6 Å². The molecule has 1 saturated heterocycles. The lowest BCUT2D eigenvalue weighted by atomic mass is 10.0. The zero-order valence-corrected chi connectivity index (χ0v) is 16.0. The van der Waals surface area contributed by atoms with Crippen molar-refractivity contribution in [2.24, 2.45) is 12.0 Å². The first-order chi connectivity index (χ1) is 11.6. The molecule has 136 valence electrons. The number of likely N-dealkylation sites (tertiary alicyclic amines) is 1. The van der Waals surface area contributed by atoms with Gasteiger partial charge in [0.05, 0.1) is 5.69 Å². The van der Waals surface area contributed by atoms with Crippen LogP contribution in [0.1, 0.15) is 49.6 Å². The molecule has 0 bridgehead atoms. The summed E-state index contributed by atoms with van der Waals surface area (Å²) in [6.07, 6.45) is 5.33. The van der Waals surface area contributed by atoms with Crippen molar-refractivity contribution in [3.8, 4) is 0 Å². The Bertz CT molecular complexity index is 548. The van der Waals surface area contributed by atoms with Crippen molar-refractivity contribution >= 4 is 5.96 Å². The van der Waals surface area contributed by atoms with Gasteiger partial charge in [-0.15, -0.1) is 0 Å². The van der Waals surface area contributed by atoms with Crippen molar-refractivity contribution in [3.63, 3.8) is 0 Å². The summed E-state index contributed by atoms with van der Waals surface area (Å²) < 4.78 is 1.93. The number of aliphatic imine (C=N–C) groups is 1. The Balaban J connectivity index is 1.78. The van der Waals surface area contributed by atoms with Gasteiger partial charge < -0.3 is 10.6 Å². The van der Waals surface area contributed by atoms with E-state index in [1.807, 2.05) is 18.8 Å². The Morgan fingerprint density at radius 2 is 2.08 bits per heavy atom. The molecule has 1 unspecified atom stereocenters. The highest BCUT2D eigenvalue weighted by Crippen LogP contribution is 2.18. The second kappa shape index (κ2) is 9.06. The molecule has 0 aromatic carbocycles. The summed E-state index contributed by atoms with van der Waals surface area (Å²) in [5, 5.41) is 11.3. The summed E-state index contributed by atoms with van der Waals surface area (Å²) in [5.41, 5.74) is 3.54. The zero-order chi connectivity index (χ0) is 17.5. The monoisotopic (exact) mass is 334 g/mol. The molecule has 1 aromatic rings. The van der Waals surface area contributed by atoms with E-state index in [2.05, 4.69) is 46.4 Å². The van der Waals surface area contributed by atoms with Gasteiger partial charge in [0.1, 0.15) is 0 Å². The van der Waals surface area contributed by atoms with E-state index in [9.17, 15) is 0 Å². The fourth-order valence-corrected chi connectivity index (χ4v) is 3.60. The first kappa shape index (κ1) is 18.8. The second-order valence-corrected chi connectivity index (χ2v) is 6.72. The van der Waals surface area contributed by atoms with E-state index in [1.165, 1.54) is 43.5 Å². The lowest BCUT2D eigenvalue weighted by Crippen LogP contribution is -2.45. The quantitative estimate of drug-likeness (QED) is 0.617. The molecule has 1 fully saturated rings. The molecule has 1 aliphatic heterocycles. The van der Waals surface area contributed by atoms with Gasteiger partial charge in [-0.3, -0.25) is 14.6 Å². The smallest absolute Gasteiger partial charge is 0.191 e. The van der Waals surface area contributed by atoms with Gasteiger partial charge in [0.15, 0.2) is 5.96 Å². The fraction of sp³-hybridized carbons (Fsp3) is 0.778. The normalized spacial score (nSPS) is 19.5. The number of piperidine rings is 1. The minimum absolute atomic E-state index is 0.756. The molecule has 6 nitrogen and oxygen atoms in total. The molecule has 1 atom stereocenters. The van der Waals surface area contributed by atoms with E-state index < -0.39 is 0 Å². The van der Waals surface area contributed by atoms with Gasteiger partial charge in [0.2, 0.25) is 0 Å². The third-order valence-electron chi connectivity index (χ3n) is 5.23. The van der Waals surface area contributed by atoms with Crippen molar-refractivity contribution in [2.75, 3.05) is 26.7 Å². The van der Waals surface area contributed by atoms with Gasteiger partial charge in [-0.2, -0.15) is 5.10 Å².